The van der Waals surface area contributed by atoms with Crippen molar-refractivity contribution in [3.8, 4) is 17.0 Å². The first-order valence-electron chi connectivity index (χ1n) is 7.94. The molecule has 5 nitrogen and oxygen atoms in total. The number of para-hydroxylation sites is 1. The van der Waals surface area contributed by atoms with E-state index in [1.54, 1.807) is 31.2 Å². The fourth-order valence-electron chi connectivity index (χ4n) is 2.45. The molecule has 0 unspecified atom stereocenters. The third kappa shape index (κ3) is 4.00. The molecule has 2 aromatic carbocycles. The van der Waals surface area contributed by atoms with E-state index in [1.807, 2.05) is 24.3 Å². The summed E-state index contributed by atoms with van der Waals surface area (Å²) in [6, 6.07) is 14.3. The highest BCUT2D eigenvalue weighted by Gasteiger charge is 2.22. The van der Waals surface area contributed by atoms with Gasteiger partial charge in [-0.15, -0.1) is 0 Å². The van der Waals surface area contributed by atoms with Gasteiger partial charge in [0.25, 0.3) is 5.91 Å². The zero-order chi connectivity index (χ0) is 18.5. The minimum atomic E-state index is -0.304. The normalized spacial score (nSPS) is 10.6. The molecule has 26 heavy (non-hydrogen) atoms. The first kappa shape index (κ1) is 18.3. The standard InChI is InChI=1S/C19H16Cl2N2O3/c1-12-17(18(23-26-12)13-6-2-3-7-14(13)20)19(24)22-10-11-25-16-9-5-4-8-15(16)21/h2-9H,10-11H2,1H3,(H,22,24). The van der Waals surface area contributed by atoms with Crippen LogP contribution < -0.4 is 10.1 Å². The Morgan fingerprint density at radius 2 is 1.81 bits per heavy atom. The van der Waals surface area contributed by atoms with E-state index < -0.39 is 0 Å². The molecule has 0 aliphatic heterocycles. The van der Waals surface area contributed by atoms with E-state index in [2.05, 4.69) is 10.5 Å². The van der Waals surface area contributed by atoms with Crippen molar-refractivity contribution in [2.24, 2.45) is 0 Å². The van der Waals surface area contributed by atoms with E-state index in [-0.39, 0.29) is 12.5 Å². The number of carbonyl (C=O) groups is 1. The molecule has 1 heterocycles. The first-order chi connectivity index (χ1) is 12.6. The van der Waals surface area contributed by atoms with Crippen molar-refractivity contribution in [2.75, 3.05) is 13.2 Å². The van der Waals surface area contributed by atoms with Crippen LogP contribution in [0.5, 0.6) is 5.75 Å². The number of aryl methyl sites for hydroxylation is 1. The lowest BCUT2D eigenvalue weighted by atomic mass is 10.1. The highest BCUT2D eigenvalue weighted by Crippen LogP contribution is 2.30. The number of carbonyl (C=O) groups excluding carboxylic acids is 1. The van der Waals surface area contributed by atoms with Crippen LogP contribution in [0.4, 0.5) is 0 Å². The van der Waals surface area contributed by atoms with Crippen molar-refractivity contribution in [1.29, 1.82) is 0 Å². The minimum Gasteiger partial charge on any atom is -0.490 e. The second-order valence-electron chi connectivity index (χ2n) is 5.48. The van der Waals surface area contributed by atoms with Crippen molar-refractivity contribution in [3.63, 3.8) is 0 Å². The molecule has 134 valence electrons. The predicted octanol–water partition coefficient (Wildman–Crippen LogP) is 4.77. The van der Waals surface area contributed by atoms with E-state index in [1.165, 1.54) is 0 Å². The summed E-state index contributed by atoms with van der Waals surface area (Å²) in [4.78, 5) is 12.6. The van der Waals surface area contributed by atoms with E-state index in [0.29, 0.717) is 44.9 Å². The number of benzene rings is 2. The highest BCUT2D eigenvalue weighted by molar-refractivity contribution is 6.33. The average molecular weight is 391 g/mol. The third-order valence-electron chi connectivity index (χ3n) is 3.70. The van der Waals surface area contributed by atoms with Gasteiger partial charge in [0.1, 0.15) is 29.4 Å². The van der Waals surface area contributed by atoms with Gasteiger partial charge in [-0.3, -0.25) is 4.79 Å². The second-order valence-corrected chi connectivity index (χ2v) is 6.29. The highest BCUT2D eigenvalue weighted by atomic mass is 35.5. The van der Waals surface area contributed by atoms with Crippen LogP contribution in [0.3, 0.4) is 0 Å². The Morgan fingerprint density at radius 3 is 2.54 bits per heavy atom. The average Bonchev–Trinajstić information content (AvgIpc) is 3.02. The molecule has 0 spiro atoms. The van der Waals surface area contributed by atoms with Crippen LogP contribution in [0.15, 0.2) is 53.1 Å². The van der Waals surface area contributed by atoms with E-state index in [4.69, 9.17) is 32.5 Å². The van der Waals surface area contributed by atoms with Crippen molar-refractivity contribution >= 4 is 29.1 Å². The quantitative estimate of drug-likeness (QED) is 0.615. The lowest BCUT2D eigenvalue weighted by Crippen LogP contribution is -2.28. The van der Waals surface area contributed by atoms with E-state index in [9.17, 15) is 4.79 Å². The molecule has 3 rings (SSSR count). The van der Waals surface area contributed by atoms with Crippen molar-refractivity contribution in [1.82, 2.24) is 10.5 Å². The van der Waals surface area contributed by atoms with Gasteiger partial charge in [0, 0.05) is 5.56 Å². The van der Waals surface area contributed by atoms with Crippen LogP contribution in [-0.2, 0) is 0 Å². The number of ether oxygens (including phenoxy) is 1. The fourth-order valence-corrected chi connectivity index (χ4v) is 2.87. The summed E-state index contributed by atoms with van der Waals surface area (Å²) in [6.07, 6.45) is 0. The molecule has 0 radical (unpaired) electrons. The number of rotatable bonds is 6. The molecule has 0 bridgehead atoms. The van der Waals surface area contributed by atoms with Crippen LogP contribution in [-0.4, -0.2) is 24.2 Å². The third-order valence-corrected chi connectivity index (χ3v) is 4.34. The lowest BCUT2D eigenvalue weighted by Gasteiger charge is -2.09. The van der Waals surface area contributed by atoms with Crippen LogP contribution in [0, 0.1) is 6.92 Å². The first-order valence-corrected chi connectivity index (χ1v) is 8.70. The monoisotopic (exact) mass is 390 g/mol. The minimum absolute atomic E-state index is 0.279. The summed E-state index contributed by atoms with van der Waals surface area (Å²) in [5.41, 5.74) is 1.41. The summed E-state index contributed by atoms with van der Waals surface area (Å²) in [5, 5.41) is 7.80. The number of amides is 1. The van der Waals surface area contributed by atoms with Crippen molar-refractivity contribution < 1.29 is 14.1 Å². The summed E-state index contributed by atoms with van der Waals surface area (Å²) < 4.78 is 10.8. The van der Waals surface area contributed by atoms with Gasteiger partial charge in [-0.2, -0.15) is 0 Å². The maximum absolute atomic E-state index is 12.6. The molecule has 0 atom stereocenters. The zero-order valence-corrected chi connectivity index (χ0v) is 15.5. The number of nitrogens with one attached hydrogen (secondary N) is 1. The Hall–Kier alpha value is -2.50. The molecule has 1 amide bonds. The molecule has 0 saturated heterocycles. The molecule has 0 aliphatic rings. The SMILES string of the molecule is Cc1onc(-c2ccccc2Cl)c1C(=O)NCCOc1ccccc1Cl. The Bertz CT molecular complexity index is 925. The molecule has 0 aliphatic carbocycles. The van der Waals surface area contributed by atoms with Crippen LogP contribution >= 0.6 is 23.2 Å². The van der Waals surface area contributed by atoms with Gasteiger partial charge in [-0.1, -0.05) is 58.7 Å². The number of aromatic nitrogens is 1. The lowest BCUT2D eigenvalue weighted by molar-refractivity contribution is 0.0946. The topological polar surface area (TPSA) is 64.4 Å². The number of halogens is 2. The van der Waals surface area contributed by atoms with Crippen molar-refractivity contribution in [3.05, 3.63) is 69.9 Å². The smallest absolute Gasteiger partial charge is 0.257 e. The Balaban J connectivity index is 1.66. The largest absolute Gasteiger partial charge is 0.490 e. The van der Waals surface area contributed by atoms with Crippen LogP contribution in [0.1, 0.15) is 16.1 Å². The van der Waals surface area contributed by atoms with Crippen LogP contribution in [0.25, 0.3) is 11.3 Å². The van der Waals surface area contributed by atoms with Crippen LogP contribution in [0.2, 0.25) is 10.0 Å². The molecule has 1 N–H and O–H groups in total. The zero-order valence-electron chi connectivity index (χ0n) is 14.0. The Labute approximate surface area is 160 Å². The number of hydrogen-bond donors (Lipinski definition) is 1. The van der Waals surface area contributed by atoms with Gasteiger partial charge in [0.2, 0.25) is 0 Å². The number of hydrogen-bond acceptors (Lipinski definition) is 4. The Kier molecular flexibility index (Phi) is 5.81. The predicted molar refractivity (Wildman–Crippen MR) is 101 cm³/mol. The van der Waals surface area contributed by atoms with Gasteiger partial charge in [0.05, 0.1) is 16.6 Å². The maximum atomic E-state index is 12.6. The number of nitrogens with zero attached hydrogens (tertiary/aromatic N) is 1. The Morgan fingerprint density at radius 1 is 1.12 bits per heavy atom. The molecule has 7 heteroatoms. The molecule has 1 aromatic heterocycles. The van der Waals surface area contributed by atoms with Crippen molar-refractivity contribution in [2.45, 2.75) is 6.92 Å². The summed E-state index contributed by atoms with van der Waals surface area (Å²) in [6.45, 7) is 2.26. The fraction of sp³-hybridized carbons (Fsp3) is 0.158. The van der Waals surface area contributed by atoms with Gasteiger partial charge in [-0.25, -0.2) is 0 Å². The summed E-state index contributed by atoms with van der Waals surface area (Å²) in [5.74, 6) is 0.687. The summed E-state index contributed by atoms with van der Waals surface area (Å²) in [7, 11) is 0. The summed E-state index contributed by atoms with van der Waals surface area (Å²) >= 11 is 12.2. The van der Waals surface area contributed by atoms with Gasteiger partial charge >= 0.3 is 0 Å². The van der Waals surface area contributed by atoms with E-state index >= 15 is 0 Å². The molecular weight excluding hydrogens is 375 g/mol. The van der Waals surface area contributed by atoms with Gasteiger partial charge in [-0.05, 0) is 25.1 Å². The molecule has 0 fully saturated rings. The molecule has 0 saturated carbocycles. The van der Waals surface area contributed by atoms with Gasteiger partial charge in [0.15, 0.2) is 0 Å². The second kappa shape index (κ2) is 8.25. The maximum Gasteiger partial charge on any atom is 0.257 e. The molecule has 3 aromatic rings. The van der Waals surface area contributed by atoms with E-state index in [0.717, 1.165) is 0 Å². The van der Waals surface area contributed by atoms with Gasteiger partial charge < -0.3 is 14.6 Å². The molecular formula is C19H16Cl2N2O3.